The van der Waals surface area contributed by atoms with Gasteiger partial charge in [-0.25, -0.2) is 4.98 Å². The van der Waals surface area contributed by atoms with Gasteiger partial charge < -0.3 is 4.57 Å². The standard InChI is InChI=1S/C19H21ClN2O3S/c1-3-4-19-21-17-13-15(20)7-10-18(17)22(19)11-12-25-26(23,24)16-8-5-14(2)6-9-16/h5-10,13H,3-4,11-12H2,1-2H3. The highest BCUT2D eigenvalue weighted by Crippen LogP contribution is 2.22. The zero-order valence-corrected chi connectivity index (χ0v) is 16.3. The number of aromatic nitrogens is 2. The average Bonchev–Trinajstić information content (AvgIpc) is 2.92. The van der Waals surface area contributed by atoms with Gasteiger partial charge in [0.2, 0.25) is 0 Å². The molecule has 3 rings (SSSR count). The molecule has 0 unspecified atom stereocenters. The van der Waals surface area contributed by atoms with Crippen molar-refractivity contribution in [3.8, 4) is 0 Å². The fourth-order valence-electron chi connectivity index (χ4n) is 2.83. The van der Waals surface area contributed by atoms with Crippen molar-refractivity contribution in [1.82, 2.24) is 9.55 Å². The summed E-state index contributed by atoms with van der Waals surface area (Å²) >= 11 is 6.05. The second-order valence-electron chi connectivity index (χ2n) is 6.15. The van der Waals surface area contributed by atoms with Crippen LogP contribution in [0.25, 0.3) is 11.0 Å². The average molecular weight is 393 g/mol. The molecule has 0 aliphatic carbocycles. The molecule has 0 N–H and O–H groups in total. The minimum absolute atomic E-state index is 0.0427. The Kier molecular flexibility index (Phi) is 5.65. The maximum Gasteiger partial charge on any atom is 0.297 e. The van der Waals surface area contributed by atoms with Crippen molar-refractivity contribution in [1.29, 1.82) is 0 Å². The molecule has 0 aliphatic rings. The van der Waals surface area contributed by atoms with Crippen LogP contribution in [0.15, 0.2) is 47.4 Å². The number of imidazole rings is 1. The summed E-state index contributed by atoms with van der Waals surface area (Å²) in [5, 5.41) is 0.628. The first kappa shape index (κ1) is 18.9. The zero-order valence-electron chi connectivity index (χ0n) is 14.8. The van der Waals surface area contributed by atoms with E-state index in [9.17, 15) is 8.42 Å². The molecule has 0 radical (unpaired) electrons. The molecule has 0 bridgehead atoms. The second kappa shape index (κ2) is 7.78. The highest BCUT2D eigenvalue weighted by molar-refractivity contribution is 7.86. The molecule has 3 aromatic rings. The summed E-state index contributed by atoms with van der Waals surface area (Å²) in [6.07, 6.45) is 1.75. The number of nitrogens with zero attached hydrogens (tertiary/aromatic N) is 2. The molecule has 2 aromatic carbocycles. The number of hydrogen-bond donors (Lipinski definition) is 0. The lowest BCUT2D eigenvalue weighted by atomic mass is 10.2. The predicted octanol–water partition coefficient (Wildman–Crippen LogP) is 4.36. The van der Waals surface area contributed by atoms with E-state index in [-0.39, 0.29) is 11.5 Å². The fraction of sp³-hybridized carbons (Fsp3) is 0.316. The van der Waals surface area contributed by atoms with Gasteiger partial charge in [0, 0.05) is 18.0 Å². The number of halogens is 1. The van der Waals surface area contributed by atoms with Crippen molar-refractivity contribution >= 4 is 32.8 Å². The summed E-state index contributed by atoms with van der Waals surface area (Å²) in [6.45, 7) is 4.43. The fourth-order valence-corrected chi connectivity index (χ4v) is 3.89. The molecule has 0 fully saturated rings. The molecule has 1 heterocycles. The predicted molar refractivity (Wildman–Crippen MR) is 103 cm³/mol. The van der Waals surface area contributed by atoms with Crippen LogP contribution in [0.4, 0.5) is 0 Å². The Morgan fingerprint density at radius 3 is 2.58 bits per heavy atom. The molecule has 7 heteroatoms. The second-order valence-corrected chi connectivity index (χ2v) is 8.20. The van der Waals surface area contributed by atoms with Gasteiger partial charge in [-0.05, 0) is 43.7 Å². The Morgan fingerprint density at radius 1 is 1.15 bits per heavy atom. The molecule has 0 spiro atoms. The van der Waals surface area contributed by atoms with E-state index in [2.05, 4.69) is 11.9 Å². The van der Waals surface area contributed by atoms with E-state index < -0.39 is 10.1 Å². The van der Waals surface area contributed by atoms with E-state index in [1.54, 1.807) is 24.3 Å². The van der Waals surface area contributed by atoms with Crippen molar-refractivity contribution in [3.63, 3.8) is 0 Å². The molecule has 0 saturated carbocycles. The molecule has 0 amide bonds. The first-order valence-electron chi connectivity index (χ1n) is 8.51. The van der Waals surface area contributed by atoms with Crippen LogP contribution in [0.5, 0.6) is 0 Å². The summed E-state index contributed by atoms with van der Waals surface area (Å²) in [5.41, 5.74) is 2.73. The van der Waals surface area contributed by atoms with Gasteiger partial charge in [-0.15, -0.1) is 0 Å². The molecular formula is C19H21ClN2O3S. The normalized spacial score (nSPS) is 12.0. The van der Waals surface area contributed by atoms with Gasteiger partial charge in [-0.3, -0.25) is 4.18 Å². The zero-order chi connectivity index (χ0) is 18.7. The minimum Gasteiger partial charge on any atom is -0.326 e. The molecule has 0 aliphatic heterocycles. The molecule has 0 atom stereocenters. The molecular weight excluding hydrogens is 372 g/mol. The summed E-state index contributed by atoms with van der Waals surface area (Å²) in [6, 6.07) is 12.1. The topological polar surface area (TPSA) is 61.2 Å². The van der Waals surface area contributed by atoms with Gasteiger partial charge in [0.05, 0.1) is 22.5 Å². The summed E-state index contributed by atoms with van der Waals surface area (Å²) in [4.78, 5) is 4.79. The third-order valence-corrected chi connectivity index (χ3v) is 5.69. The number of rotatable bonds is 7. The summed E-state index contributed by atoms with van der Waals surface area (Å²) < 4.78 is 31.9. The Labute approximate surface area is 158 Å². The number of hydrogen-bond acceptors (Lipinski definition) is 4. The van der Waals surface area contributed by atoms with E-state index in [0.717, 1.165) is 35.3 Å². The highest BCUT2D eigenvalue weighted by Gasteiger charge is 2.16. The Bertz CT molecular complexity index is 1010. The van der Waals surface area contributed by atoms with Crippen LogP contribution in [0.2, 0.25) is 5.02 Å². The van der Waals surface area contributed by atoms with Crippen LogP contribution in [0.3, 0.4) is 0 Å². The van der Waals surface area contributed by atoms with E-state index in [1.807, 2.05) is 29.7 Å². The lowest BCUT2D eigenvalue weighted by molar-refractivity contribution is 0.300. The number of benzene rings is 2. The Balaban J connectivity index is 1.78. The maximum atomic E-state index is 12.3. The summed E-state index contributed by atoms with van der Waals surface area (Å²) in [7, 11) is -3.77. The smallest absolute Gasteiger partial charge is 0.297 e. The van der Waals surface area contributed by atoms with Crippen molar-refractivity contribution in [2.75, 3.05) is 6.61 Å². The van der Waals surface area contributed by atoms with Crippen molar-refractivity contribution in [2.24, 2.45) is 0 Å². The third kappa shape index (κ3) is 4.09. The van der Waals surface area contributed by atoms with Crippen LogP contribution in [-0.4, -0.2) is 24.6 Å². The van der Waals surface area contributed by atoms with Crippen LogP contribution in [0, 0.1) is 6.92 Å². The van der Waals surface area contributed by atoms with E-state index in [4.69, 9.17) is 15.8 Å². The van der Waals surface area contributed by atoms with Crippen molar-refractivity contribution in [3.05, 3.63) is 58.9 Å². The van der Waals surface area contributed by atoms with Crippen molar-refractivity contribution in [2.45, 2.75) is 38.1 Å². The quantitative estimate of drug-likeness (QED) is 0.560. The van der Waals surface area contributed by atoms with Gasteiger partial charge in [0.15, 0.2) is 0 Å². The first-order chi connectivity index (χ1) is 12.4. The lowest BCUT2D eigenvalue weighted by Gasteiger charge is -2.10. The van der Waals surface area contributed by atoms with Gasteiger partial charge >= 0.3 is 0 Å². The van der Waals surface area contributed by atoms with Gasteiger partial charge in [-0.2, -0.15) is 8.42 Å². The molecule has 1 aromatic heterocycles. The van der Waals surface area contributed by atoms with Crippen molar-refractivity contribution < 1.29 is 12.6 Å². The highest BCUT2D eigenvalue weighted by atomic mass is 35.5. The van der Waals surface area contributed by atoms with E-state index >= 15 is 0 Å². The molecule has 26 heavy (non-hydrogen) atoms. The largest absolute Gasteiger partial charge is 0.326 e. The van der Waals surface area contributed by atoms with Crippen LogP contribution < -0.4 is 0 Å². The lowest BCUT2D eigenvalue weighted by Crippen LogP contribution is -2.14. The Hall–Kier alpha value is -1.89. The molecule has 5 nitrogen and oxygen atoms in total. The molecule has 138 valence electrons. The number of fused-ring (bicyclic) bond motifs is 1. The first-order valence-corrected chi connectivity index (χ1v) is 10.3. The number of aryl methyl sites for hydroxylation is 2. The van der Waals surface area contributed by atoms with Crippen LogP contribution in [0.1, 0.15) is 24.7 Å². The van der Waals surface area contributed by atoms with Gasteiger partial charge in [0.25, 0.3) is 10.1 Å². The minimum atomic E-state index is -3.77. The van der Waals surface area contributed by atoms with Crippen LogP contribution in [-0.2, 0) is 27.3 Å². The van der Waals surface area contributed by atoms with Gasteiger partial charge in [0.1, 0.15) is 5.82 Å². The Morgan fingerprint density at radius 2 is 1.88 bits per heavy atom. The van der Waals surface area contributed by atoms with Gasteiger partial charge in [-0.1, -0.05) is 36.2 Å². The SMILES string of the molecule is CCCc1nc2cc(Cl)ccc2n1CCOS(=O)(=O)c1ccc(C)cc1. The van der Waals surface area contributed by atoms with E-state index in [1.165, 1.54) is 0 Å². The summed E-state index contributed by atoms with van der Waals surface area (Å²) in [5.74, 6) is 0.904. The maximum absolute atomic E-state index is 12.3. The third-order valence-electron chi connectivity index (χ3n) is 4.13. The van der Waals surface area contributed by atoms with E-state index in [0.29, 0.717) is 11.6 Å². The van der Waals surface area contributed by atoms with Crippen LogP contribution >= 0.6 is 11.6 Å². The molecule has 0 saturated heterocycles. The monoisotopic (exact) mass is 392 g/mol.